The smallest absolute Gasteiger partial charge is 0.337 e. The lowest BCUT2D eigenvalue weighted by molar-refractivity contribution is 0.0600. The first kappa shape index (κ1) is 13.2. The summed E-state index contributed by atoms with van der Waals surface area (Å²) < 4.78 is 5.15. The number of methoxy groups -OCH3 is 1. The maximum atomic E-state index is 11.6. The van der Waals surface area contributed by atoms with Gasteiger partial charge in [-0.2, -0.15) is 0 Å². The van der Waals surface area contributed by atoms with Gasteiger partial charge in [0.25, 0.3) is 0 Å². The number of halogens is 2. The Morgan fingerprint density at radius 1 is 1.44 bits per heavy atom. The number of carbonyl (C=O) groups is 2. The number of hydrogen-bond donors (Lipinski definition) is 0. The van der Waals surface area contributed by atoms with Crippen LogP contribution in [0.3, 0.4) is 0 Å². The molecule has 0 amide bonds. The zero-order valence-electron chi connectivity index (χ0n) is 8.63. The number of ketones is 1. The quantitative estimate of drug-likeness (QED) is 0.488. The van der Waals surface area contributed by atoms with Gasteiger partial charge in [-0.1, -0.05) is 15.9 Å². The van der Waals surface area contributed by atoms with Crippen molar-refractivity contribution in [2.75, 3.05) is 13.0 Å². The number of benzene rings is 1. The zero-order valence-corrected chi connectivity index (χ0v) is 11.0. The van der Waals surface area contributed by atoms with Gasteiger partial charge in [-0.25, -0.2) is 4.79 Å². The second kappa shape index (κ2) is 6.01. The van der Waals surface area contributed by atoms with E-state index in [-0.39, 0.29) is 18.1 Å². The Labute approximate surface area is 107 Å². The molecule has 1 aromatic rings. The van der Waals surface area contributed by atoms with Crippen molar-refractivity contribution in [3.8, 4) is 0 Å². The molecule has 0 aliphatic carbocycles. The van der Waals surface area contributed by atoms with Crippen molar-refractivity contribution >= 4 is 39.3 Å². The summed E-state index contributed by atoms with van der Waals surface area (Å²) in [5.74, 6) is -0.209. The Balaban J connectivity index is 3.00. The first-order valence-corrected chi connectivity index (χ1v) is 5.90. The van der Waals surface area contributed by atoms with Gasteiger partial charge >= 0.3 is 5.97 Å². The van der Waals surface area contributed by atoms with E-state index < -0.39 is 5.97 Å². The number of hydrogen-bond acceptors (Lipinski definition) is 3. The third kappa shape index (κ3) is 3.06. The molecular formula is C11H10BrClO3. The molecular weight excluding hydrogens is 295 g/mol. The van der Waals surface area contributed by atoms with Crippen molar-refractivity contribution in [1.82, 2.24) is 0 Å². The Kier molecular flexibility index (Phi) is 4.96. The Hall–Kier alpha value is -0.870. The first-order valence-electron chi connectivity index (χ1n) is 4.57. The summed E-state index contributed by atoms with van der Waals surface area (Å²) in [7, 11) is 1.31. The fourth-order valence-electron chi connectivity index (χ4n) is 1.21. The predicted molar refractivity (Wildman–Crippen MR) is 65.1 cm³/mol. The van der Waals surface area contributed by atoms with E-state index in [1.54, 1.807) is 18.2 Å². The van der Waals surface area contributed by atoms with Gasteiger partial charge in [0.1, 0.15) is 0 Å². The normalized spacial score (nSPS) is 9.94. The highest BCUT2D eigenvalue weighted by molar-refractivity contribution is 9.10. The minimum Gasteiger partial charge on any atom is -0.465 e. The summed E-state index contributed by atoms with van der Waals surface area (Å²) in [6.07, 6.45) is 0.276. The first-order chi connectivity index (χ1) is 7.60. The van der Waals surface area contributed by atoms with E-state index >= 15 is 0 Å². The van der Waals surface area contributed by atoms with Gasteiger partial charge in [0.2, 0.25) is 0 Å². The number of rotatable bonds is 4. The molecule has 0 bridgehead atoms. The molecule has 0 unspecified atom stereocenters. The zero-order chi connectivity index (χ0) is 12.1. The van der Waals surface area contributed by atoms with Crippen LogP contribution in [0.5, 0.6) is 0 Å². The van der Waals surface area contributed by atoms with Crippen LogP contribution < -0.4 is 0 Å². The minimum absolute atomic E-state index is 0.0571. The van der Waals surface area contributed by atoms with Gasteiger partial charge < -0.3 is 4.74 Å². The third-order valence-corrected chi connectivity index (χ3v) is 2.86. The lowest BCUT2D eigenvalue weighted by Crippen LogP contribution is -2.05. The summed E-state index contributed by atoms with van der Waals surface area (Å²) in [6, 6.07) is 4.70. The van der Waals surface area contributed by atoms with Crippen LogP contribution in [0, 0.1) is 0 Å². The van der Waals surface area contributed by atoms with E-state index in [0.717, 1.165) is 0 Å². The second-order valence-corrected chi connectivity index (χ2v) is 4.28. The molecule has 1 rings (SSSR count). The molecule has 3 nitrogen and oxygen atoms in total. The van der Waals surface area contributed by atoms with Crippen molar-refractivity contribution in [1.29, 1.82) is 0 Å². The topological polar surface area (TPSA) is 43.4 Å². The highest BCUT2D eigenvalue weighted by Crippen LogP contribution is 2.20. The molecule has 0 radical (unpaired) electrons. The van der Waals surface area contributed by atoms with E-state index in [9.17, 15) is 9.59 Å². The van der Waals surface area contributed by atoms with E-state index in [0.29, 0.717) is 15.6 Å². The second-order valence-electron chi connectivity index (χ2n) is 3.05. The molecule has 0 aliphatic rings. The average Bonchev–Trinajstić information content (AvgIpc) is 2.28. The molecule has 86 valence electrons. The van der Waals surface area contributed by atoms with Crippen molar-refractivity contribution < 1.29 is 14.3 Å². The summed E-state index contributed by atoms with van der Waals surface area (Å²) in [6.45, 7) is 0. The fraction of sp³-hybridized carbons (Fsp3) is 0.273. The standard InChI is InChI=1S/C11H10BrClO3/c1-16-11(15)7-2-3-8(9(12)6-7)10(14)4-5-13/h2-3,6H,4-5H2,1H3. The SMILES string of the molecule is COC(=O)c1ccc(C(=O)CCCl)c(Br)c1. The van der Waals surface area contributed by atoms with Crippen LogP contribution in [0.4, 0.5) is 0 Å². The lowest BCUT2D eigenvalue weighted by Gasteiger charge is -2.04. The van der Waals surface area contributed by atoms with Crippen molar-refractivity contribution in [3.05, 3.63) is 33.8 Å². The van der Waals surface area contributed by atoms with Gasteiger partial charge in [-0.05, 0) is 18.2 Å². The molecule has 16 heavy (non-hydrogen) atoms. The Morgan fingerprint density at radius 2 is 2.12 bits per heavy atom. The molecule has 0 spiro atoms. The lowest BCUT2D eigenvalue weighted by atomic mass is 10.1. The number of ether oxygens (including phenoxy) is 1. The van der Waals surface area contributed by atoms with Crippen molar-refractivity contribution in [2.45, 2.75) is 6.42 Å². The summed E-state index contributed by atoms with van der Waals surface area (Å²) in [4.78, 5) is 22.8. The van der Waals surface area contributed by atoms with Gasteiger partial charge in [-0.3, -0.25) is 4.79 Å². The number of alkyl halides is 1. The van der Waals surface area contributed by atoms with Crippen molar-refractivity contribution in [3.63, 3.8) is 0 Å². The van der Waals surface area contributed by atoms with Gasteiger partial charge in [-0.15, -0.1) is 11.6 Å². The van der Waals surface area contributed by atoms with Gasteiger partial charge in [0.05, 0.1) is 12.7 Å². The highest BCUT2D eigenvalue weighted by Gasteiger charge is 2.12. The Morgan fingerprint density at radius 3 is 2.62 bits per heavy atom. The molecule has 0 saturated heterocycles. The Bertz CT molecular complexity index is 418. The van der Waals surface area contributed by atoms with Crippen LogP contribution in [0.25, 0.3) is 0 Å². The van der Waals surface area contributed by atoms with E-state index in [4.69, 9.17) is 11.6 Å². The minimum atomic E-state index is -0.433. The van der Waals surface area contributed by atoms with Crippen LogP contribution in [0.1, 0.15) is 27.1 Å². The molecule has 0 saturated carbocycles. The highest BCUT2D eigenvalue weighted by atomic mass is 79.9. The maximum Gasteiger partial charge on any atom is 0.337 e. The average molecular weight is 306 g/mol. The molecule has 0 aromatic heterocycles. The largest absolute Gasteiger partial charge is 0.465 e. The molecule has 0 aliphatic heterocycles. The predicted octanol–water partition coefficient (Wildman–Crippen LogP) is 3.05. The van der Waals surface area contributed by atoms with E-state index in [1.165, 1.54) is 7.11 Å². The molecule has 0 fully saturated rings. The van der Waals surface area contributed by atoms with Gasteiger partial charge in [0.15, 0.2) is 5.78 Å². The number of esters is 1. The van der Waals surface area contributed by atoms with Gasteiger partial charge in [0, 0.05) is 22.3 Å². The molecule has 1 aromatic carbocycles. The monoisotopic (exact) mass is 304 g/mol. The maximum absolute atomic E-state index is 11.6. The van der Waals surface area contributed by atoms with Crippen LogP contribution in [0.2, 0.25) is 0 Å². The van der Waals surface area contributed by atoms with Crippen molar-refractivity contribution in [2.24, 2.45) is 0 Å². The molecule has 0 N–H and O–H groups in total. The van der Waals surface area contributed by atoms with Crippen LogP contribution in [-0.4, -0.2) is 24.7 Å². The van der Waals surface area contributed by atoms with E-state index in [2.05, 4.69) is 20.7 Å². The summed E-state index contributed by atoms with van der Waals surface area (Å²) >= 11 is 8.74. The molecule has 5 heteroatoms. The molecule has 0 atom stereocenters. The van der Waals surface area contributed by atoms with Crippen LogP contribution in [0.15, 0.2) is 22.7 Å². The molecule has 0 heterocycles. The van der Waals surface area contributed by atoms with E-state index in [1.807, 2.05) is 0 Å². The third-order valence-electron chi connectivity index (χ3n) is 2.01. The van der Waals surface area contributed by atoms with Crippen LogP contribution >= 0.6 is 27.5 Å². The summed E-state index contributed by atoms with van der Waals surface area (Å²) in [5, 5.41) is 0. The van der Waals surface area contributed by atoms with Crippen LogP contribution in [-0.2, 0) is 4.74 Å². The number of Topliss-reactive ketones (excluding diaryl/α,β-unsaturated/α-hetero) is 1. The summed E-state index contributed by atoms with van der Waals surface area (Å²) in [5.41, 5.74) is 0.921. The fourth-order valence-corrected chi connectivity index (χ4v) is 1.98. The number of carbonyl (C=O) groups excluding carboxylic acids is 2.